The maximum Gasteiger partial charge on any atom is 0.163 e. The summed E-state index contributed by atoms with van der Waals surface area (Å²) < 4.78 is 5.57. The van der Waals surface area contributed by atoms with Crippen molar-refractivity contribution in [1.29, 1.82) is 0 Å². The molecule has 2 rings (SSSR count). The van der Waals surface area contributed by atoms with E-state index in [0.29, 0.717) is 37.6 Å². The van der Waals surface area contributed by atoms with Crippen LogP contribution in [0.25, 0.3) is 0 Å². The molecule has 0 unspecified atom stereocenters. The molecule has 98 valence electrons. The van der Waals surface area contributed by atoms with Crippen molar-refractivity contribution in [3.63, 3.8) is 0 Å². The van der Waals surface area contributed by atoms with Gasteiger partial charge in [0.05, 0.1) is 31.4 Å². The highest BCUT2D eigenvalue weighted by Crippen LogP contribution is 2.18. The highest BCUT2D eigenvalue weighted by molar-refractivity contribution is 5.96. The lowest BCUT2D eigenvalue weighted by molar-refractivity contribution is -0.115. The first kappa shape index (κ1) is 13.0. The number of hydroxylamine groups is 2. The molecule has 5 nitrogen and oxygen atoms in total. The van der Waals surface area contributed by atoms with Gasteiger partial charge in [-0.05, 0) is 19.1 Å². The summed E-state index contributed by atoms with van der Waals surface area (Å²) in [6.45, 7) is 3.32. The molecule has 0 saturated carbocycles. The number of ether oxygens (including phenoxy) is 1. The fourth-order valence-corrected chi connectivity index (χ4v) is 1.83. The van der Waals surface area contributed by atoms with E-state index in [1.807, 2.05) is 12.1 Å². The summed E-state index contributed by atoms with van der Waals surface area (Å²) in [5.41, 5.74) is 0.583. The van der Waals surface area contributed by atoms with Crippen LogP contribution in [0.15, 0.2) is 24.3 Å². The van der Waals surface area contributed by atoms with Crippen molar-refractivity contribution in [2.45, 2.75) is 13.0 Å². The van der Waals surface area contributed by atoms with E-state index in [2.05, 4.69) is 0 Å². The van der Waals surface area contributed by atoms with Gasteiger partial charge in [-0.1, -0.05) is 12.1 Å². The number of nitrogens with zero attached hydrogens (tertiary/aromatic N) is 1. The Morgan fingerprint density at radius 2 is 2.33 bits per heavy atom. The molecule has 0 aliphatic carbocycles. The normalized spacial score (nSPS) is 20.0. The number of carbonyl (C=O) groups is 1. The molecule has 18 heavy (non-hydrogen) atoms. The molecule has 1 heterocycles. The van der Waals surface area contributed by atoms with Crippen LogP contribution in [0.4, 0.5) is 0 Å². The molecule has 1 saturated heterocycles. The minimum absolute atomic E-state index is 0.0153. The number of hydrogen-bond acceptors (Lipinski definition) is 5. The first-order chi connectivity index (χ1) is 8.66. The van der Waals surface area contributed by atoms with Gasteiger partial charge in [-0.15, -0.1) is 0 Å². The molecular weight excluding hydrogens is 234 g/mol. The van der Waals surface area contributed by atoms with Crippen molar-refractivity contribution >= 4 is 5.78 Å². The van der Waals surface area contributed by atoms with Gasteiger partial charge >= 0.3 is 0 Å². The zero-order valence-electron chi connectivity index (χ0n) is 10.3. The Morgan fingerprint density at radius 1 is 1.56 bits per heavy atom. The number of Topliss-reactive ketones (excluding diaryl/α,β-unsaturated/α-hetero) is 1. The number of rotatable bonds is 5. The number of benzene rings is 1. The molecular formula is C13H17NO4. The van der Waals surface area contributed by atoms with Crippen molar-refractivity contribution in [1.82, 2.24) is 5.06 Å². The highest BCUT2D eigenvalue weighted by atomic mass is 16.7. The maximum absolute atomic E-state index is 11.4. The second kappa shape index (κ2) is 5.95. The summed E-state index contributed by atoms with van der Waals surface area (Å²) in [5, 5.41) is 10.9. The van der Waals surface area contributed by atoms with E-state index < -0.39 is 6.10 Å². The van der Waals surface area contributed by atoms with Crippen LogP contribution in [0.2, 0.25) is 0 Å². The molecule has 0 aromatic heterocycles. The summed E-state index contributed by atoms with van der Waals surface area (Å²) in [7, 11) is 0. The minimum Gasteiger partial charge on any atom is -0.491 e. The van der Waals surface area contributed by atoms with Gasteiger partial charge in [-0.25, -0.2) is 0 Å². The standard InChI is InChI=1S/C13H17NO4/c1-10(15)12-4-2-3-5-13(12)17-7-6-14-8-11(16)9-18-14/h2-5,11,16H,6-9H2,1H3/t11-/m1/s1. The van der Waals surface area contributed by atoms with E-state index in [-0.39, 0.29) is 5.78 Å². The molecule has 1 aromatic rings. The lowest BCUT2D eigenvalue weighted by atomic mass is 10.1. The van der Waals surface area contributed by atoms with Crippen LogP contribution < -0.4 is 4.74 Å². The fraction of sp³-hybridized carbons (Fsp3) is 0.462. The van der Waals surface area contributed by atoms with Gasteiger partial charge in [0, 0.05) is 0 Å². The van der Waals surface area contributed by atoms with E-state index in [1.54, 1.807) is 17.2 Å². The Bertz CT molecular complexity index is 421. The highest BCUT2D eigenvalue weighted by Gasteiger charge is 2.20. The fourth-order valence-electron chi connectivity index (χ4n) is 1.83. The predicted octanol–water partition coefficient (Wildman–Crippen LogP) is 0.876. The van der Waals surface area contributed by atoms with Crippen molar-refractivity contribution < 1.29 is 19.5 Å². The Morgan fingerprint density at radius 3 is 3.00 bits per heavy atom. The van der Waals surface area contributed by atoms with E-state index in [4.69, 9.17) is 9.57 Å². The summed E-state index contributed by atoms with van der Waals surface area (Å²) in [4.78, 5) is 16.6. The van der Waals surface area contributed by atoms with Crippen LogP contribution in [0.5, 0.6) is 5.75 Å². The zero-order chi connectivity index (χ0) is 13.0. The second-order valence-electron chi connectivity index (χ2n) is 4.24. The molecule has 0 bridgehead atoms. The van der Waals surface area contributed by atoms with Gasteiger partial charge in [0.15, 0.2) is 5.78 Å². The third kappa shape index (κ3) is 3.29. The van der Waals surface area contributed by atoms with E-state index >= 15 is 0 Å². The number of hydrogen-bond donors (Lipinski definition) is 1. The number of aliphatic hydroxyl groups excluding tert-OH is 1. The summed E-state index contributed by atoms with van der Waals surface area (Å²) in [6.07, 6.45) is -0.422. The minimum atomic E-state index is -0.422. The van der Waals surface area contributed by atoms with Gasteiger partial charge in [-0.3, -0.25) is 9.63 Å². The van der Waals surface area contributed by atoms with Crippen LogP contribution in [0.1, 0.15) is 17.3 Å². The van der Waals surface area contributed by atoms with Gasteiger partial charge in [0.1, 0.15) is 12.4 Å². The van der Waals surface area contributed by atoms with E-state index in [1.165, 1.54) is 6.92 Å². The maximum atomic E-state index is 11.4. The molecule has 0 radical (unpaired) electrons. The summed E-state index contributed by atoms with van der Waals surface area (Å²) in [5.74, 6) is 0.572. The molecule has 1 aromatic carbocycles. The quantitative estimate of drug-likeness (QED) is 0.787. The molecule has 5 heteroatoms. The molecule has 1 atom stereocenters. The number of β-amino-alcohol motifs (C(OH)–C–C–N with tert-alkyl or cyclic N) is 1. The van der Waals surface area contributed by atoms with Crippen LogP contribution in [0, 0.1) is 0 Å². The first-order valence-corrected chi connectivity index (χ1v) is 5.95. The average Bonchev–Trinajstić information content (AvgIpc) is 2.75. The molecule has 1 aliphatic heterocycles. The summed E-state index contributed by atoms with van der Waals surface area (Å²) in [6, 6.07) is 7.16. The van der Waals surface area contributed by atoms with Gasteiger partial charge in [0.25, 0.3) is 0 Å². The molecule has 1 aliphatic rings. The Balaban J connectivity index is 1.85. The van der Waals surface area contributed by atoms with Gasteiger partial charge in [0.2, 0.25) is 0 Å². The first-order valence-electron chi connectivity index (χ1n) is 5.95. The SMILES string of the molecule is CC(=O)c1ccccc1OCCN1C[C@@H](O)CO1. The van der Waals surface area contributed by atoms with Crippen molar-refractivity contribution in [2.24, 2.45) is 0 Å². The van der Waals surface area contributed by atoms with E-state index in [9.17, 15) is 9.90 Å². The smallest absolute Gasteiger partial charge is 0.163 e. The number of ketones is 1. The lowest BCUT2D eigenvalue weighted by Gasteiger charge is -2.15. The molecule has 0 spiro atoms. The second-order valence-corrected chi connectivity index (χ2v) is 4.24. The van der Waals surface area contributed by atoms with Gasteiger partial charge < -0.3 is 9.84 Å². The third-order valence-corrected chi connectivity index (χ3v) is 2.73. The van der Waals surface area contributed by atoms with Crippen LogP contribution >= 0.6 is 0 Å². The van der Waals surface area contributed by atoms with Crippen LogP contribution in [-0.2, 0) is 4.84 Å². The molecule has 1 fully saturated rings. The van der Waals surface area contributed by atoms with Crippen LogP contribution in [-0.4, -0.2) is 48.4 Å². The van der Waals surface area contributed by atoms with Gasteiger partial charge in [-0.2, -0.15) is 5.06 Å². The Hall–Kier alpha value is -1.43. The predicted molar refractivity (Wildman–Crippen MR) is 65.5 cm³/mol. The lowest BCUT2D eigenvalue weighted by Crippen LogP contribution is -2.26. The van der Waals surface area contributed by atoms with Crippen molar-refractivity contribution in [3.05, 3.63) is 29.8 Å². The molecule has 1 N–H and O–H groups in total. The number of para-hydroxylation sites is 1. The Kier molecular flexibility index (Phi) is 4.30. The van der Waals surface area contributed by atoms with Crippen LogP contribution in [0.3, 0.4) is 0 Å². The van der Waals surface area contributed by atoms with E-state index in [0.717, 1.165) is 0 Å². The Labute approximate surface area is 106 Å². The molecule has 0 amide bonds. The number of aliphatic hydroxyl groups is 1. The summed E-state index contributed by atoms with van der Waals surface area (Å²) >= 11 is 0. The van der Waals surface area contributed by atoms with Crippen molar-refractivity contribution in [2.75, 3.05) is 26.3 Å². The monoisotopic (exact) mass is 251 g/mol. The topological polar surface area (TPSA) is 59.0 Å². The third-order valence-electron chi connectivity index (χ3n) is 2.73. The number of carbonyl (C=O) groups excluding carboxylic acids is 1. The average molecular weight is 251 g/mol. The zero-order valence-corrected chi connectivity index (χ0v) is 10.3. The van der Waals surface area contributed by atoms with Crippen molar-refractivity contribution in [3.8, 4) is 5.75 Å². The largest absolute Gasteiger partial charge is 0.491 e.